The third-order valence-electron chi connectivity index (χ3n) is 4.64. The number of guanidine groups is 1. The van der Waals surface area contributed by atoms with Gasteiger partial charge >= 0.3 is 0 Å². The predicted octanol–water partition coefficient (Wildman–Crippen LogP) is 3.09. The van der Waals surface area contributed by atoms with E-state index in [0.717, 1.165) is 0 Å². The summed E-state index contributed by atoms with van der Waals surface area (Å²) in [5.74, 6) is 0.367. The number of hydrogen-bond donors (Lipinski definition) is 2. The minimum absolute atomic E-state index is 0.134. The first-order valence-corrected chi connectivity index (χ1v) is 8.85. The molecule has 0 saturated heterocycles. The second-order valence-electron chi connectivity index (χ2n) is 6.85. The van der Waals surface area contributed by atoms with Crippen molar-refractivity contribution in [2.45, 2.75) is 31.6 Å². The number of ether oxygens (including phenoxy) is 1. The molecule has 1 aliphatic heterocycles. The van der Waals surface area contributed by atoms with Gasteiger partial charge in [-0.25, -0.2) is 0 Å². The van der Waals surface area contributed by atoms with Crippen LogP contribution in [0, 0.1) is 22.8 Å². The molecule has 0 unspecified atom stereocenters. The van der Waals surface area contributed by atoms with Crippen molar-refractivity contribution >= 4 is 23.2 Å². The van der Waals surface area contributed by atoms with Crippen molar-refractivity contribution in [1.29, 1.82) is 10.5 Å². The highest BCUT2D eigenvalue weighted by atomic mass is 35.5. The number of hydrogen-bond acceptors (Lipinski definition) is 5. The number of aliphatic imine (C=N–C) groups is 1. The highest BCUT2D eigenvalue weighted by molar-refractivity contribution is 6.33. The van der Waals surface area contributed by atoms with E-state index in [1.165, 1.54) is 4.90 Å². The molecule has 0 saturated carbocycles. The van der Waals surface area contributed by atoms with Crippen molar-refractivity contribution in [3.8, 4) is 18.0 Å². The first-order chi connectivity index (χ1) is 13.3. The van der Waals surface area contributed by atoms with Crippen LogP contribution in [0.4, 0.5) is 5.69 Å². The van der Waals surface area contributed by atoms with Gasteiger partial charge in [-0.1, -0.05) is 23.7 Å². The maximum Gasteiger partial charge on any atom is 0.212 e. The number of para-hydroxylation sites is 1. The first-order valence-electron chi connectivity index (χ1n) is 8.47. The number of rotatable bonds is 2. The van der Waals surface area contributed by atoms with Gasteiger partial charge in [0.25, 0.3) is 0 Å². The molecule has 0 aromatic heterocycles. The number of aliphatic hydroxyl groups excluding tert-OH is 1. The summed E-state index contributed by atoms with van der Waals surface area (Å²) in [6.45, 7) is 3.49. The largest absolute Gasteiger partial charge is 0.485 e. The van der Waals surface area contributed by atoms with E-state index < -0.39 is 17.7 Å². The molecule has 0 aliphatic carbocycles. The van der Waals surface area contributed by atoms with Gasteiger partial charge in [-0.15, -0.1) is 4.99 Å². The van der Waals surface area contributed by atoms with E-state index in [1.54, 1.807) is 62.5 Å². The molecule has 1 heterocycles. The van der Waals surface area contributed by atoms with Crippen LogP contribution in [0.2, 0.25) is 5.02 Å². The van der Waals surface area contributed by atoms with Crippen LogP contribution in [0.3, 0.4) is 0 Å². The van der Waals surface area contributed by atoms with Gasteiger partial charge in [-0.05, 0) is 44.2 Å². The predicted molar refractivity (Wildman–Crippen MR) is 106 cm³/mol. The fraction of sp³-hybridized carbons (Fsp3) is 0.250. The lowest BCUT2D eigenvalue weighted by Gasteiger charge is -2.46. The topological polar surface area (TPSA) is 119 Å². The molecule has 2 aromatic rings. The van der Waals surface area contributed by atoms with E-state index in [9.17, 15) is 10.4 Å². The lowest BCUT2D eigenvalue weighted by Crippen LogP contribution is -2.56. The molecule has 142 valence electrons. The Morgan fingerprint density at radius 2 is 2.00 bits per heavy atom. The summed E-state index contributed by atoms with van der Waals surface area (Å²) in [5.41, 5.74) is 6.55. The Kier molecular flexibility index (Phi) is 5.15. The Morgan fingerprint density at radius 1 is 1.29 bits per heavy atom. The Bertz CT molecular complexity index is 1020. The molecule has 8 heteroatoms. The lowest BCUT2D eigenvalue weighted by atomic mass is 9.84. The van der Waals surface area contributed by atoms with Crippen LogP contribution < -0.4 is 15.4 Å². The molecule has 0 fully saturated rings. The number of benzene rings is 2. The van der Waals surface area contributed by atoms with Gasteiger partial charge in [0.15, 0.2) is 0 Å². The van der Waals surface area contributed by atoms with Gasteiger partial charge in [-0.3, -0.25) is 0 Å². The number of anilines is 1. The van der Waals surface area contributed by atoms with Crippen LogP contribution in [-0.4, -0.2) is 22.8 Å². The molecule has 3 N–H and O–H groups in total. The highest BCUT2D eigenvalue weighted by Crippen LogP contribution is 2.45. The zero-order valence-corrected chi connectivity index (χ0v) is 16.1. The van der Waals surface area contributed by atoms with Crippen molar-refractivity contribution < 1.29 is 9.84 Å². The molecule has 1 aliphatic rings. The van der Waals surface area contributed by atoms with Crippen LogP contribution >= 0.6 is 11.6 Å². The van der Waals surface area contributed by atoms with E-state index in [2.05, 4.69) is 11.1 Å². The van der Waals surface area contributed by atoms with Crippen LogP contribution in [0.1, 0.15) is 31.0 Å². The van der Waals surface area contributed by atoms with Crippen LogP contribution in [0.25, 0.3) is 0 Å². The Labute approximate surface area is 167 Å². The third kappa shape index (κ3) is 3.34. The van der Waals surface area contributed by atoms with Crippen LogP contribution in [0.5, 0.6) is 5.75 Å². The molecule has 2 atom stereocenters. The Hall–Kier alpha value is -3.26. The van der Waals surface area contributed by atoms with Gasteiger partial charge in [0.2, 0.25) is 12.2 Å². The van der Waals surface area contributed by atoms with E-state index in [4.69, 9.17) is 27.3 Å². The molecule has 28 heavy (non-hydrogen) atoms. The quantitative estimate of drug-likeness (QED) is 0.458. The molecule has 7 nitrogen and oxygen atoms in total. The minimum atomic E-state index is -1.07. The smallest absolute Gasteiger partial charge is 0.212 e. The Morgan fingerprint density at radius 3 is 2.64 bits per heavy atom. The minimum Gasteiger partial charge on any atom is -0.485 e. The van der Waals surface area contributed by atoms with E-state index >= 15 is 0 Å². The molecule has 2 aromatic carbocycles. The van der Waals surface area contributed by atoms with E-state index in [0.29, 0.717) is 27.6 Å². The standard InChI is InChI=1S/C20H18ClN5O2/c1-20(2)18(27)17(13-9-12(10-22)7-8-16(13)28-20)26(19(24)25-11-23)15-6-4-3-5-14(15)21/h3-9,17-18,27H,1-2H3,(H2,24,25)/t17-,18+/m1/s1. The Balaban J connectivity index is 2.30. The molecule has 0 spiro atoms. The van der Waals surface area contributed by atoms with E-state index in [-0.39, 0.29) is 5.96 Å². The molecule has 0 amide bonds. The number of nitriles is 2. The average molecular weight is 396 g/mol. The lowest BCUT2D eigenvalue weighted by molar-refractivity contribution is -0.0565. The van der Waals surface area contributed by atoms with Gasteiger partial charge in [0.05, 0.1) is 28.4 Å². The second-order valence-corrected chi connectivity index (χ2v) is 7.26. The van der Waals surface area contributed by atoms with Crippen molar-refractivity contribution in [2.24, 2.45) is 10.7 Å². The molecular weight excluding hydrogens is 378 g/mol. The van der Waals surface area contributed by atoms with Crippen LogP contribution in [0.15, 0.2) is 47.5 Å². The molecular formula is C20H18ClN5O2. The van der Waals surface area contributed by atoms with Crippen molar-refractivity contribution in [2.75, 3.05) is 4.90 Å². The summed E-state index contributed by atoms with van der Waals surface area (Å²) in [6.07, 6.45) is 0.600. The molecule has 0 radical (unpaired) electrons. The van der Waals surface area contributed by atoms with E-state index in [1.807, 2.05) is 0 Å². The average Bonchev–Trinajstić information content (AvgIpc) is 2.66. The monoisotopic (exact) mass is 395 g/mol. The zero-order chi connectivity index (χ0) is 20.5. The SMILES string of the molecule is CC1(C)Oc2ccc(C#N)cc2[C@@H](N(C(N)=NC#N)c2ccccc2Cl)[C@@H]1O. The summed E-state index contributed by atoms with van der Waals surface area (Å²) in [7, 11) is 0. The molecule has 3 rings (SSSR count). The summed E-state index contributed by atoms with van der Waals surface area (Å²) in [5, 5.41) is 29.9. The maximum atomic E-state index is 11.2. The number of nitrogens with two attached hydrogens (primary N) is 1. The van der Waals surface area contributed by atoms with Gasteiger partial charge < -0.3 is 20.5 Å². The number of fused-ring (bicyclic) bond motifs is 1. The molecule has 0 bridgehead atoms. The van der Waals surface area contributed by atoms with Crippen molar-refractivity contribution in [3.05, 3.63) is 58.6 Å². The third-order valence-corrected chi connectivity index (χ3v) is 4.96. The zero-order valence-electron chi connectivity index (χ0n) is 15.3. The fourth-order valence-corrected chi connectivity index (χ4v) is 3.51. The summed E-state index contributed by atoms with van der Waals surface area (Å²) in [6, 6.07) is 13.1. The highest BCUT2D eigenvalue weighted by Gasteiger charge is 2.47. The normalized spacial score (nSPS) is 20.3. The summed E-state index contributed by atoms with van der Waals surface area (Å²) >= 11 is 6.39. The second kappa shape index (κ2) is 7.40. The maximum absolute atomic E-state index is 11.2. The number of nitrogens with zero attached hydrogens (tertiary/aromatic N) is 4. The fourth-order valence-electron chi connectivity index (χ4n) is 3.28. The van der Waals surface area contributed by atoms with Gasteiger partial charge in [0.1, 0.15) is 17.5 Å². The van der Waals surface area contributed by atoms with Crippen molar-refractivity contribution in [3.63, 3.8) is 0 Å². The van der Waals surface area contributed by atoms with Crippen LogP contribution in [-0.2, 0) is 0 Å². The first kappa shape index (κ1) is 19.5. The van der Waals surface area contributed by atoms with Crippen molar-refractivity contribution in [1.82, 2.24) is 0 Å². The van der Waals surface area contributed by atoms with Gasteiger partial charge in [0, 0.05) is 5.56 Å². The van der Waals surface area contributed by atoms with Gasteiger partial charge in [-0.2, -0.15) is 10.5 Å². The number of aliphatic hydroxyl groups is 1. The summed E-state index contributed by atoms with van der Waals surface area (Å²) < 4.78 is 5.95. The number of halogens is 1. The summed E-state index contributed by atoms with van der Waals surface area (Å²) in [4.78, 5) is 5.17.